The fourth-order valence-electron chi connectivity index (χ4n) is 2.75. The number of aromatic nitrogens is 2. The van der Waals surface area contributed by atoms with Gasteiger partial charge < -0.3 is 10.6 Å². The molecule has 3 aromatic carbocycles. The summed E-state index contributed by atoms with van der Waals surface area (Å²) in [5.41, 5.74) is 2.05. The fourth-order valence-corrected chi connectivity index (χ4v) is 2.93. The zero-order valence-corrected chi connectivity index (χ0v) is 15.5. The minimum absolute atomic E-state index is 0.0133. The van der Waals surface area contributed by atoms with Gasteiger partial charge in [0.25, 0.3) is 5.91 Å². The van der Waals surface area contributed by atoms with Crippen LogP contribution in [0, 0.1) is 11.6 Å². The van der Waals surface area contributed by atoms with Crippen molar-refractivity contribution in [2.45, 2.75) is 0 Å². The van der Waals surface area contributed by atoms with E-state index in [1.165, 1.54) is 48.8 Å². The van der Waals surface area contributed by atoms with Crippen LogP contribution in [0.15, 0.2) is 67.0 Å². The Kier molecular flexibility index (Phi) is 5.05. The van der Waals surface area contributed by atoms with Gasteiger partial charge in [0.1, 0.15) is 23.8 Å². The second-order valence-corrected chi connectivity index (χ2v) is 6.58. The molecule has 29 heavy (non-hydrogen) atoms. The van der Waals surface area contributed by atoms with E-state index >= 15 is 0 Å². The Bertz CT molecular complexity index is 1220. The number of nitrogens with zero attached hydrogens (tertiary/aromatic N) is 2. The van der Waals surface area contributed by atoms with Crippen molar-refractivity contribution in [2.24, 2.45) is 0 Å². The molecule has 0 saturated heterocycles. The molecule has 1 heterocycles. The molecule has 0 atom stereocenters. The molecule has 0 spiro atoms. The lowest BCUT2D eigenvalue weighted by molar-refractivity contribution is 0.102. The molecule has 0 radical (unpaired) electrons. The van der Waals surface area contributed by atoms with Gasteiger partial charge in [0.05, 0.1) is 10.5 Å². The molecule has 0 saturated carbocycles. The minimum atomic E-state index is -0.518. The van der Waals surface area contributed by atoms with Crippen molar-refractivity contribution in [3.63, 3.8) is 0 Å². The first kappa shape index (κ1) is 18.8. The van der Waals surface area contributed by atoms with Crippen molar-refractivity contribution in [1.29, 1.82) is 0 Å². The molecule has 2 N–H and O–H groups in total. The van der Waals surface area contributed by atoms with Crippen LogP contribution in [0.4, 0.5) is 26.0 Å². The Morgan fingerprint density at radius 1 is 0.897 bits per heavy atom. The molecule has 8 heteroatoms. The lowest BCUT2D eigenvalue weighted by Gasteiger charge is -2.11. The van der Waals surface area contributed by atoms with Gasteiger partial charge in [-0.15, -0.1) is 0 Å². The Morgan fingerprint density at radius 3 is 2.41 bits per heavy atom. The number of fused-ring (bicyclic) bond motifs is 1. The monoisotopic (exact) mass is 410 g/mol. The third-order valence-electron chi connectivity index (χ3n) is 4.18. The first-order valence-corrected chi connectivity index (χ1v) is 8.91. The standard InChI is InChI=1S/C21H13ClF2N4O/c22-17-10-15(5-7-18(17)24)27-20-16-9-14(6-8-19(16)25-11-26-20)28-21(29)12-1-3-13(23)4-2-12/h1-11H,(H,28,29)(H,25,26,27). The van der Waals surface area contributed by atoms with Gasteiger partial charge in [0, 0.05) is 22.3 Å². The highest BCUT2D eigenvalue weighted by atomic mass is 35.5. The molecule has 0 aliphatic rings. The first-order chi connectivity index (χ1) is 14.0. The first-order valence-electron chi connectivity index (χ1n) is 8.53. The molecule has 144 valence electrons. The Labute approximate surface area is 169 Å². The van der Waals surface area contributed by atoms with Crippen molar-refractivity contribution in [1.82, 2.24) is 9.97 Å². The maximum atomic E-state index is 13.4. The van der Waals surface area contributed by atoms with Gasteiger partial charge >= 0.3 is 0 Å². The maximum Gasteiger partial charge on any atom is 0.255 e. The highest BCUT2D eigenvalue weighted by molar-refractivity contribution is 6.31. The molecule has 1 aromatic heterocycles. The van der Waals surface area contributed by atoms with E-state index < -0.39 is 11.6 Å². The third kappa shape index (κ3) is 4.14. The summed E-state index contributed by atoms with van der Waals surface area (Å²) in [7, 11) is 0. The van der Waals surface area contributed by atoms with E-state index in [2.05, 4.69) is 20.6 Å². The number of anilines is 3. The Hall–Kier alpha value is -3.58. The summed E-state index contributed by atoms with van der Waals surface area (Å²) in [4.78, 5) is 20.8. The van der Waals surface area contributed by atoms with E-state index in [4.69, 9.17) is 11.6 Å². The summed E-state index contributed by atoms with van der Waals surface area (Å²) >= 11 is 5.83. The second-order valence-electron chi connectivity index (χ2n) is 6.17. The summed E-state index contributed by atoms with van der Waals surface area (Å²) in [5.74, 6) is -0.840. The van der Waals surface area contributed by atoms with Gasteiger partial charge in [-0.25, -0.2) is 18.7 Å². The molecule has 0 aliphatic carbocycles. The number of benzene rings is 3. The van der Waals surface area contributed by atoms with E-state index in [9.17, 15) is 13.6 Å². The van der Waals surface area contributed by atoms with Crippen molar-refractivity contribution < 1.29 is 13.6 Å². The summed E-state index contributed by atoms with van der Waals surface area (Å²) in [5, 5.41) is 6.47. The average molecular weight is 411 g/mol. The number of hydrogen-bond donors (Lipinski definition) is 2. The van der Waals surface area contributed by atoms with E-state index in [1.807, 2.05) is 0 Å². The Morgan fingerprint density at radius 2 is 1.66 bits per heavy atom. The van der Waals surface area contributed by atoms with Crippen LogP contribution < -0.4 is 10.6 Å². The predicted molar refractivity (Wildman–Crippen MR) is 109 cm³/mol. The normalized spacial score (nSPS) is 10.7. The second kappa shape index (κ2) is 7.81. The SMILES string of the molecule is O=C(Nc1ccc2ncnc(Nc3ccc(F)c(Cl)c3)c2c1)c1ccc(F)cc1. The maximum absolute atomic E-state index is 13.4. The van der Waals surface area contributed by atoms with E-state index in [1.54, 1.807) is 18.2 Å². The van der Waals surface area contributed by atoms with Gasteiger partial charge in [-0.1, -0.05) is 11.6 Å². The van der Waals surface area contributed by atoms with Gasteiger partial charge in [-0.2, -0.15) is 0 Å². The number of halogens is 3. The van der Waals surface area contributed by atoms with Crippen LogP contribution in [0.2, 0.25) is 5.02 Å². The quantitative estimate of drug-likeness (QED) is 0.462. The van der Waals surface area contributed by atoms with Crippen LogP contribution in [0.5, 0.6) is 0 Å². The third-order valence-corrected chi connectivity index (χ3v) is 4.47. The summed E-state index contributed by atoms with van der Waals surface area (Å²) < 4.78 is 26.4. The summed E-state index contributed by atoms with van der Waals surface area (Å²) in [6.07, 6.45) is 1.40. The zero-order valence-electron chi connectivity index (χ0n) is 14.8. The molecule has 1 amide bonds. The van der Waals surface area contributed by atoms with Crippen LogP contribution in [-0.2, 0) is 0 Å². The lowest BCUT2D eigenvalue weighted by atomic mass is 10.1. The highest BCUT2D eigenvalue weighted by Gasteiger charge is 2.10. The van der Waals surface area contributed by atoms with Crippen LogP contribution in [0.25, 0.3) is 10.9 Å². The van der Waals surface area contributed by atoms with Crippen molar-refractivity contribution in [2.75, 3.05) is 10.6 Å². The summed E-state index contributed by atoms with van der Waals surface area (Å²) in [6.45, 7) is 0. The number of amides is 1. The number of nitrogens with one attached hydrogen (secondary N) is 2. The number of rotatable bonds is 4. The predicted octanol–water partition coefficient (Wildman–Crippen LogP) is 5.56. The average Bonchev–Trinajstić information content (AvgIpc) is 2.71. The van der Waals surface area contributed by atoms with E-state index in [-0.39, 0.29) is 10.9 Å². The van der Waals surface area contributed by atoms with E-state index in [0.29, 0.717) is 33.7 Å². The Balaban J connectivity index is 1.64. The topological polar surface area (TPSA) is 66.9 Å². The smallest absolute Gasteiger partial charge is 0.255 e. The zero-order chi connectivity index (χ0) is 20.4. The van der Waals surface area contributed by atoms with Gasteiger partial charge in [0.2, 0.25) is 0 Å². The van der Waals surface area contributed by atoms with Crippen LogP contribution >= 0.6 is 11.6 Å². The molecular weight excluding hydrogens is 398 g/mol. The number of hydrogen-bond acceptors (Lipinski definition) is 4. The molecule has 4 aromatic rings. The molecule has 0 aliphatic heterocycles. The van der Waals surface area contributed by atoms with Crippen molar-refractivity contribution >= 4 is 45.6 Å². The van der Waals surface area contributed by atoms with Crippen molar-refractivity contribution in [3.05, 3.63) is 89.2 Å². The number of carbonyl (C=O) groups is 1. The fraction of sp³-hybridized carbons (Fsp3) is 0. The van der Waals surface area contributed by atoms with Crippen LogP contribution in [-0.4, -0.2) is 15.9 Å². The van der Waals surface area contributed by atoms with Gasteiger partial charge in [-0.3, -0.25) is 4.79 Å². The van der Waals surface area contributed by atoms with Gasteiger partial charge in [0.15, 0.2) is 0 Å². The summed E-state index contributed by atoms with van der Waals surface area (Å²) in [6, 6.07) is 14.6. The van der Waals surface area contributed by atoms with Gasteiger partial charge in [-0.05, 0) is 60.7 Å². The number of carbonyl (C=O) groups excluding carboxylic acids is 1. The highest BCUT2D eigenvalue weighted by Crippen LogP contribution is 2.27. The molecular formula is C21H13ClF2N4O. The molecule has 5 nitrogen and oxygen atoms in total. The molecule has 4 rings (SSSR count). The minimum Gasteiger partial charge on any atom is -0.340 e. The lowest BCUT2D eigenvalue weighted by Crippen LogP contribution is -2.11. The van der Waals surface area contributed by atoms with Crippen LogP contribution in [0.3, 0.4) is 0 Å². The van der Waals surface area contributed by atoms with Crippen molar-refractivity contribution in [3.8, 4) is 0 Å². The molecule has 0 fully saturated rings. The largest absolute Gasteiger partial charge is 0.340 e. The molecule has 0 bridgehead atoms. The van der Waals surface area contributed by atoms with E-state index in [0.717, 1.165) is 0 Å². The van der Waals surface area contributed by atoms with Crippen LogP contribution in [0.1, 0.15) is 10.4 Å². The molecule has 0 unspecified atom stereocenters.